The summed E-state index contributed by atoms with van der Waals surface area (Å²) in [6, 6.07) is 9.55. The van der Waals surface area contributed by atoms with Crippen LogP contribution in [0, 0.1) is 0 Å². The Morgan fingerprint density at radius 1 is 1.08 bits per heavy atom. The Morgan fingerprint density at radius 3 is 2.62 bits per heavy atom. The zero-order valence-corrected chi connectivity index (χ0v) is 14.8. The van der Waals surface area contributed by atoms with E-state index in [2.05, 4.69) is 10.0 Å². The van der Waals surface area contributed by atoms with Crippen molar-refractivity contribution in [3.05, 3.63) is 57.6 Å². The molecule has 24 heavy (non-hydrogen) atoms. The first kappa shape index (κ1) is 17.2. The third kappa shape index (κ3) is 3.72. The number of rotatable bonds is 4. The number of halogens is 2. The van der Waals surface area contributed by atoms with E-state index in [0.29, 0.717) is 34.1 Å². The molecule has 3 rings (SSSR count). The maximum atomic E-state index is 12.5. The Kier molecular flexibility index (Phi) is 4.83. The minimum Gasteiger partial charge on any atom is -0.326 e. The fourth-order valence-corrected chi connectivity index (χ4v) is 3.98. The monoisotopic (exact) mass is 384 g/mol. The molecule has 8 heteroatoms. The fourth-order valence-electron chi connectivity index (χ4n) is 2.45. The summed E-state index contributed by atoms with van der Waals surface area (Å²) in [7, 11) is -3.69. The molecule has 0 saturated heterocycles. The highest BCUT2D eigenvalue weighted by atomic mass is 35.5. The van der Waals surface area contributed by atoms with Gasteiger partial charge in [0.15, 0.2) is 0 Å². The molecule has 0 radical (unpaired) electrons. The quantitative estimate of drug-likeness (QED) is 0.848. The summed E-state index contributed by atoms with van der Waals surface area (Å²) < 4.78 is 27.5. The number of amides is 1. The van der Waals surface area contributed by atoms with E-state index in [-0.39, 0.29) is 17.3 Å². The van der Waals surface area contributed by atoms with E-state index in [4.69, 9.17) is 23.2 Å². The number of aryl methyl sites for hydroxylation is 1. The first-order valence-corrected chi connectivity index (χ1v) is 9.45. The van der Waals surface area contributed by atoms with Crippen LogP contribution in [-0.2, 0) is 27.8 Å². The van der Waals surface area contributed by atoms with Crippen molar-refractivity contribution in [3.63, 3.8) is 0 Å². The molecule has 1 amide bonds. The predicted octanol–water partition coefficient (Wildman–Crippen LogP) is 3.36. The minimum absolute atomic E-state index is 0.0615. The fraction of sp³-hybridized carbons (Fsp3) is 0.188. The van der Waals surface area contributed by atoms with Crippen LogP contribution >= 0.6 is 23.2 Å². The summed E-state index contributed by atoms with van der Waals surface area (Å²) in [5, 5.41) is 3.62. The average Bonchev–Trinajstić information content (AvgIpc) is 2.53. The average molecular weight is 385 g/mol. The van der Waals surface area contributed by atoms with Gasteiger partial charge in [-0.1, -0.05) is 29.3 Å². The van der Waals surface area contributed by atoms with Crippen molar-refractivity contribution in [3.8, 4) is 0 Å². The van der Waals surface area contributed by atoms with Crippen LogP contribution in [0.1, 0.15) is 17.5 Å². The molecule has 0 aromatic heterocycles. The molecule has 2 aromatic rings. The summed E-state index contributed by atoms with van der Waals surface area (Å²) in [4.78, 5) is 11.5. The SMILES string of the molecule is O=C1CCc2cc(S(=O)(=O)NCc3ccc(Cl)cc3Cl)ccc2N1. The third-order valence-electron chi connectivity index (χ3n) is 3.75. The maximum Gasteiger partial charge on any atom is 0.240 e. The van der Waals surface area contributed by atoms with Crippen molar-refractivity contribution in [2.75, 3.05) is 5.32 Å². The molecular weight excluding hydrogens is 371 g/mol. The van der Waals surface area contributed by atoms with Gasteiger partial charge in [0.05, 0.1) is 4.90 Å². The zero-order chi connectivity index (χ0) is 17.3. The molecule has 2 N–H and O–H groups in total. The summed E-state index contributed by atoms with van der Waals surface area (Å²) >= 11 is 11.9. The van der Waals surface area contributed by atoms with E-state index < -0.39 is 10.0 Å². The second-order valence-electron chi connectivity index (χ2n) is 5.43. The van der Waals surface area contributed by atoms with Crippen molar-refractivity contribution in [2.24, 2.45) is 0 Å². The van der Waals surface area contributed by atoms with Crippen molar-refractivity contribution in [2.45, 2.75) is 24.3 Å². The van der Waals surface area contributed by atoms with Gasteiger partial charge in [0.2, 0.25) is 15.9 Å². The Bertz CT molecular complexity index is 914. The van der Waals surface area contributed by atoms with E-state index >= 15 is 0 Å². The van der Waals surface area contributed by atoms with E-state index in [1.807, 2.05) is 0 Å². The molecule has 0 bridgehead atoms. The van der Waals surface area contributed by atoms with Crippen LogP contribution in [-0.4, -0.2) is 14.3 Å². The van der Waals surface area contributed by atoms with Crippen LogP contribution in [0.15, 0.2) is 41.3 Å². The van der Waals surface area contributed by atoms with Gasteiger partial charge in [0.25, 0.3) is 0 Å². The Labute approximate surface area is 150 Å². The number of fused-ring (bicyclic) bond motifs is 1. The van der Waals surface area contributed by atoms with Gasteiger partial charge in [-0.25, -0.2) is 13.1 Å². The molecule has 1 heterocycles. The lowest BCUT2D eigenvalue weighted by molar-refractivity contribution is -0.116. The van der Waals surface area contributed by atoms with E-state index in [0.717, 1.165) is 5.56 Å². The molecule has 1 aliphatic heterocycles. The molecule has 0 aliphatic carbocycles. The van der Waals surface area contributed by atoms with Crippen molar-refractivity contribution < 1.29 is 13.2 Å². The predicted molar refractivity (Wildman–Crippen MR) is 93.9 cm³/mol. The van der Waals surface area contributed by atoms with Gasteiger partial charge in [-0.2, -0.15) is 0 Å². The lowest BCUT2D eigenvalue weighted by Crippen LogP contribution is -2.24. The number of carbonyl (C=O) groups excluding carboxylic acids is 1. The van der Waals surface area contributed by atoms with Crippen molar-refractivity contribution >= 4 is 44.8 Å². The smallest absolute Gasteiger partial charge is 0.240 e. The number of anilines is 1. The van der Waals surface area contributed by atoms with Crippen LogP contribution in [0.25, 0.3) is 0 Å². The van der Waals surface area contributed by atoms with Crippen LogP contribution in [0.2, 0.25) is 10.0 Å². The maximum absolute atomic E-state index is 12.5. The van der Waals surface area contributed by atoms with Gasteiger partial charge in [-0.05, 0) is 47.9 Å². The van der Waals surface area contributed by atoms with Gasteiger partial charge in [0, 0.05) is 28.7 Å². The number of sulfonamides is 1. The van der Waals surface area contributed by atoms with Crippen molar-refractivity contribution in [1.29, 1.82) is 0 Å². The summed E-state index contributed by atoms with van der Waals surface area (Å²) in [5.41, 5.74) is 2.10. The number of benzene rings is 2. The summed E-state index contributed by atoms with van der Waals surface area (Å²) in [6.07, 6.45) is 0.873. The first-order valence-electron chi connectivity index (χ1n) is 7.21. The molecule has 0 unspecified atom stereocenters. The number of carbonyl (C=O) groups is 1. The van der Waals surface area contributed by atoms with Gasteiger partial charge in [-0.15, -0.1) is 0 Å². The molecule has 2 aromatic carbocycles. The second-order valence-corrected chi connectivity index (χ2v) is 8.04. The largest absolute Gasteiger partial charge is 0.326 e. The molecule has 0 saturated carbocycles. The highest BCUT2D eigenvalue weighted by molar-refractivity contribution is 7.89. The van der Waals surface area contributed by atoms with Crippen LogP contribution in [0.5, 0.6) is 0 Å². The zero-order valence-electron chi connectivity index (χ0n) is 12.5. The van der Waals surface area contributed by atoms with E-state index in [1.165, 1.54) is 6.07 Å². The molecular formula is C16H14Cl2N2O3S. The standard InChI is InChI=1S/C16H14Cl2N2O3S/c17-12-3-1-11(14(18)8-12)9-19-24(22,23)13-4-5-15-10(7-13)2-6-16(21)20-15/h1,3-5,7-8,19H,2,6,9H2,(H,20,21). The lowest BCUT2D eigenvalue weighted by atomic mass is 10.0. The van der Waals surface area contributed by atoms with E-state index in [1.54, 1.807) is 30.3 Å². The van der Waals surface area contributed by atoms with Crippen LogP contribution in [0.3, 0.4) is 0 Å². The van der Waals surface area contributed by atoms with Crippen molar-refractivity contribution in [1.82, 2.24) is 4.72 Å². The Hall–Kier alpha value is -1.60. The summed E-state index contributed by atoms with van der Waals surface area (Å²) in [5.74, 6) is -0.0615. The molecule has 0 atom stereocenters. The number of hydrogen-bond donors (Lipinski definition) is 2. The molecule has 0 spiro atoms. The summed E-state index contributed by atoms with van der Waals surface area (Å²) in [6.45, 7) is 0.0617. The number of nitrogens with one attached hydrogen (secondary N) is 2. The van der Waals surface area contributed by atoms with Gasteiger partial charge in [0.1, 0.15) is 0 Å². The minimum atomic E-state index is -3.69. The highest BCUT2D eigenvalue weighted by Gasteiger charge is 2.20. The van der Waals surface area contributed by atoms with Gasteiger partial charge >= 0.3 is 0 Å². The van der Waals surface area contributed by atoms with E-state index in [9.17, 15) is 13.2 Å². The lowest BCUT2D eigenvalue weighted by Gasteiger charge is -2.17. The van der Waals surface area contributed by atoms with Gasteiger partial charge in [-0.3, -0.25) is 4.79 Å². The molecule has 5 nitrogen and oxygen atoms in total. The molecule has 1 aliphatic rings. The molecule has 126 valence electrons. The Morgan fingerprint density at radius 2 is 1.88 bits per heavy atom. The highest BCUT2D eigenvalue weighted by Crippen LogP contribution is 2.26. The molecule has 0 fully saturated rings. The third-order valence-corrected chi connectivity index (χ3v) is 5.74. The second kappa shape index (κ2) is 6.72. The number of hydrogen-bond acceptors (Lipinski definition) is 3. The Balaban J connectivity index is 1.79. The normalized spacial score (nSPS) is 14.2. The van der Waals surface area contributed by atoms with Crippen LogP contribution < -0.4 is 10.0 Å². The topological polar surface area (TPSA) is 75.3 Å². The van der Waals surface area contributed by atoms with Gasteiger partial charge < -0.3 is 5.32 Å². The van der Waals surface area contributed by atoms with Crippen LogP contribution in [0.4, 0.5) is 5.69 Å². The first-order chi connectivity index (χ1) is 11.3.